The van der Waals surface area contributed by atoms with Crippen molar-refractivity contribution in [2.24, 2.45) is 5.92 Å². The third kappa shape index (κ3) is 3.87. The second-order valence-electron chi connectivity index (χ2n) is 5.15. The molecule has 1 aliphatic carbocycles. The average molecular weight is 266 g/mol. The summed E-state index contributed by atoms with van der Waals surface area (Å²) in [6.45, 7) is 1.98. The van der Waals surface area contributed by atoms with E-state index in [4.69, 9.17) is 0 Å². The molecule has 4 heteroatoms. The van der Waals surface area contributed by atoms with Crippen LogP contribution in [0.2, 0.25) is 0 Å². The Morgan fingerprint density at radius 1 is 1.39 bits per heavy atom. The molecule has 0 bridgehead atoms. The minimum atomic E-state index is -0.818. The van der Waals surface area contributed by atoms with Crippen LogP contribution in [0.1, 0.15) is 56.4 Å². The van der Waals surface area contributed by atoms with Gasteiger partial charge in [-0.1, -0.05) is 25.7 Å². The maximum absolute atomic E-state index is 12.2. The van der Waals surface area contributed by atoms with Crippen LogP contribution in [0.3, 0.4) is 0 Å². The molecule has 1 aromatic heterocycles. The van der Waals surface area contributed by atoms with E-state index in [1.165, 1.54) is 32.1 Å². The second-order valence-corrected chi connectivity index (χ2v) is 7.03. The van der Waals surface area contributed by atoms with Crippen LogP contribution < -0.4 is 0 Å². The fourth-order valence-electron chi connectivity index (χ4n) is 2.65. The number of hydrogen-bond donors (Lipinski definition) is 0. The lowest BCUT2D eigenvalue weighted by atomic mass is 10.0. The minimum Gasteiger partial charge on any atom is -0.261 e. The highest BCUT2D eigenvalue weighted by Crippen LogP contribution is 2.29. The minimum absolute atomic E-state index is 0.00211. The molecule has 1 aliphatic rings. The van der Waals surface area contributed by atoms with E-state index in [9.17, 15) is 4.21 Å². The predicted molar refractivity (Wildman–Crippen MR) is 74.6 cm³/mol. The summed E-state index contributed by atoms with van der Waals surface area (Å²) in [5.74, 6) is 1.70. The molecule has 2 atom stereocenters. The van der Waals surface area contributed by atoms with Crippen molar-refractivity contribution in [2.75, 3.05) is 5.75 Å². The van der Waals surface area contributed by atoms with Gasteiger partial charge in [-0.3, -0.25) is 14.2 Å². The van der Waals surface area contributed by atoms with Crippen molar-refractivity contribution in [1.29, 1.82) is 0 Å². The van der Waals surface area contributed by atoms with Crippen molar-refractivity contribution in [2.45, 2.75) is 50.7 Å². The third-order valence-corrected chi connectivity index (χ3v) is 5.55. The highest BCUT2D eigenvalue weighted by atomic mass is 32.2. The zero-order valence-corrected chi connectivity index (χ0v) is 11.9. The summed E-state index contributed by atoms with van der Waals surface area (Å²) in [6, 6.07) is 0. The zero-order valence-electron chi connectivity index (χ0n) is 11.0. The molecule has 1 saturated carbocycles. The number of rotatable bonds is 6. The van der Waals surface area contributed by atoms with Gasteiger partial charge in [0.1, 0.15) is 0 Å². The molecule has 0 N–H and O–H groups in total. The highest BCUT2D eigenvalue weighted by Gasteiger charge is 2.17. The van der Waals surface area contributed by atoms with E-state index in [0.717, 1.165) is 23.8 Å². The summed E-state index contributed by atoms with van der Waals surface area (Å²) < 4.78 is 12.2. The SMILES string of the molecule is C[C@H](c1cnccn1)[S@@](=O)CCCC1CCCC1. The summed E-state index contributed by atoms with van der Waals surface area (Å²) in [4.78, 5) is 8.26. The molecule has 0 spiro atoms. The van der Waals surface area contributed by atoms with E-state index >= 15 is 0 Å². The molecule has 3 nitrogen and oxygen atoms in total. The van der Waals surface area contributed by atoms with Crippen LogP contribution >= 0.6 is 0 Å². The van der Waals surface area contributed by atoms with Gasteiger partial charge >= 0.3 is 0 Å². The molecule has 100 valence electrons. The van der Waals surface area contributed by atoms with Crippen molar-refractivity contribution in [3.8, 4) is 0 Å². The normalized spacial score (nSPS) is 19.8. The molecule has 2 rings (SSSR count). The molecule has 0 aliphatic heterocycles. The first-order valence-electron chi connectivity index (χ1n) is 6.90. The second kappa shape index (κ2) is 6.98. The third-order valence-electron chi connectivity index (χ3n) is 3.83. The summed E-state index contributed by atoms with van der Waals surface area (Å²) in [7, 11) is -0.818. The van der Waals surface area contributed by atoms with Crippen molar-refractivity contribution >= 4 is 10.8 Å². The van der Waals surface area contributed by atoms with Crippen LogP contribution in [0, 0.1) is 5.92 Å². The highest BCUT2D eigenvalue weighted by molar-refractivity contribution is 7.85. The van der Waals surface area contributed by atoms with Gasteiger partial charge in [0.25, 0.3) is 0 Å². The molecule has 0 amide bonds. The number of hydrogen-bond acceptors (Lipinski definition) is 3. The molecule has 18 heavy (non-hydrogen) atoms. The Morgan fingerprint density at radius 2 is 2.17 bits per heavy atom. The first kappa shape index (κ1) is 13.7. The largest absolute Gasteiger partial charge is 0.261 e. The lowest BCUT2D eigenvalue weighted by molar-refractivity contribution is 0.497. The van der Waals surface area contributed by atoms with Gasteiger partial charge in [0.05, 0.1) is 10.9 Å². The van der Waals surface area contributed by atoms with Gasteiger partial charge in [0.2, 0.25) is 0 Å². The first-order chi connectivity index (χ1) is 8.77. The molecule has 0 radical (unpaired) electrons. The molecular formula is C14H22N2OS. The zero-order chi connectivity index (χ0) is 12.8. The average Bonchev–Trinajstić information content (AvgIpc) is 2.92. The van der Waals surface area contributed by atoms with Crippen molar-refractivity contribution < 1.29 is 4.21 Å². The van der Waals surface area contributed by atoms with Gasteiger partial charge < -0.3 is 0 Å². The van der Waals surface area contributed by atoms with Crippen molar-refractivity contribution in [3.63, 3.8) is 0 Å². The van der Waals surface area contributed by atoms with Gasteiger partial charge in [-0.05, 0) is 25.7 Å². The number of aromatic nitrogens is 2. The van der Waals surface area contributed by atoms with Crippen LogP contribution in [0.4, 0.5) is 0 Å². The Hall–Kier alpha value is -0.770. The Bertz CT molecular complexity index is 377. The van der Waals surface area contributed by atoms with Crippen LogP contribution in [0.15, 0.2) is 18.6 Å². The molecule has 1 heterocycles. The molecule has 0 aromatic carbocycles. The van der Waals surface area contributed by atoms with Gasteiger partial charge in [0.15, 0.2) is 0 Å². The topological polar surface area (TPSA) is 42.9 Å². The summed E-state index contributed by atoms with van der Waals surface area (Å²) >= 11 is 0. The Kier molecular flexibility index (Phi) is 5.29. The van der Waals surface area contributed by atoms with Gasteiger partial charge in [-0.25, -0.2) is 0 Å². The van der Waals surface area contributed by atoms with Crippen molar-refractivity contribution in [1.82, 2.24) is 9.97 Å². The fourth-order valence-corrected chi connectivity index (χ4v) is 3.84. The fraction of sp³-hybridized carbons (Fsp3) is 0.714. The molecule has 0 saturated heterocycles. The summed E-state index contributed by atoms with van der Waals surface area (Å²) in [5, 5.41) is 0.00211. The molecule has 1 aromatic rings. The van der Waals surface area contributed by atoms with Crippen LogP contribution in [-0.4, -0.2) is 19.9 Å². The van der Waals surface area contributed by atoms with E-state index in [1.807, 2.05) is 6.92 Å². The maximum Gasteiger partial charge on any atom is 0.0756 e. The Labute approximate surface area is 112 Å². The molecular weight excluding hydrogens is 244 g/mol. The predicted octanol–water partition coefficient (Wildman–Crippen LogP) is 3.26. The Balaban J connectivity index is 1.74. The summed E-state index contributed by atoms with van der Waals surface area (Å²) in [5.41, 5.74) is 0.844. The molecule has 1 fully saturated rings. The lowest BCUT2D eigenvalue weighted by Crippen LogP contribution is -2.09. The van der Waals surface area contributed by atoms with E-state index in [2.05, 4.69) is 9.97 Å². The quantitative estimate of drug-likeness (QED) is 0.793. The Morgan fingerprint density at radius 3 is 2.83 bits per heavy atom. The monoisotopic (exact) mass is 266 g/mol. The van der Waals surface area contributed by atoms with Crippen LogP contribution in [-0.2, 0) is 10.8 Å². The molecule has 0 unspecified atom stereocenters. The standard InChI is InChI=1S/C14H22N2OS/c1-12(14-11-15-8-9-16-14)18(17)10-4-7-13-5-2-3-6-13/h8-9,11-13H,2-7,10H2,1H3/t12-,18+/m1/s1. The van der Waals surface area contributed by atoms with Crippen molar-refractivity contribution in [3.05, 3.63) is 24.3 Å². The first-order valence-corrected chi connectivity index (χ1v) is 8.28. The smallest absolute Gasteiger partial charge is 0.0756 e. The van der Waals surface area contributed by atoms with E-state index in [-0.39, 0.29) is 5.25 Å². The van der Waals surface area contributed by atoms with Gasteiger partial charge in [0, 0.05) is 35.1 Å². The van der Waals surface area contributed by atoms with E-state index < -0.39 is 10.8 Å². The summed E-state index contributed by atoms with van der Waals surface area (Å²) in [6.07, 6.45) is 12.9. The van der Waals surface area contributed by atoms with Crippen LogP contribution in [0.5, 0.6) is 0 Å². The maximum atomic E-state index is 12.2. The van der Waals surface area contributed by atoms with Crippen LogP contribution in [0.25, 0.3) is 0 Å². The van der Waals surface area contributed by atoms with E-state index in [0.29, 0.717) is 0 Å². The number of nitrogens with zero attached hydrogens (tertiary/aromatic N) is 2. The lowest BCUT2D eigenvalue weighted by Gasteiger charge is -2.12. The van der Waals surface area contributed by atoms with E-state index in [1.54, 1.807) is 18.6 Å². The van der Waals surface area contributed by atoms with Gasteiger partial charge in [-0.15, -0.1) is 0 Å². The van der Waals surface area contributed by atoms with Gasteiger partial charge in [-0.2, -0.15) is 0 Å².